The fraction of sp³-hybridized carbons (Fsp3) is 0.385. The number of terminal acetylenes is 1. The van der Waals surface area contributed by atoms with Crippen molar-refractivity contribution in [2.75, 3.05) is 18.0 Å². The molecule has 1 saturated heterocycles. The lowest BCUT2D eigenvalue weighted by Gasteiger charge is -2.45. The molecule has 1 aromatic heterocycles. The molecule has 2 aliphatic rings. The molecule has 1 aromatic rings. The average Bonchev–Trinajstić information content (AvgIpc) is 2.81. The van der Waals surface area contributed by atoms with E-state index in [9.17, 15) is 10.1 Å². The van der Waals surface area contributed by atoms with Gasteiger partial charge in [-0.3, -0.25) is 10.1 Å². The van der Waals surface area contributed by atoms with Gasteiger partial charge in [-0.1, -0.05) is 11.1 Å². The molecular weight excluding hydrogens is 260 g/mol. The summed E-state index contributed by atoms with van der Waals surface area (Å²) in [6.45, 7) is 2.80. The van der Waals surface area contributed by atoms with Gasteiger partial charge in [-0.05, 0) is 13.0 Å². The van der Waals surface area contributed by atoms with Crippen LogP contribution in [0.4, 0.5) is 11.5 Å². The Balaban J connectivity index is 1.80. The van der Waals surface area contributed by atoms with Crippen LogP contribution >= 0.6 is 0 Å². The molecule has 0 radical (unpaired) electrons. The summed E-state index contributed by atoms with van der Waals surface area (Å²) in [6, 6.07) is 3.10. The molecule has 0 saturated carbocycles. The van der Waals surface area contributed by atoms with E-state index in [2.05, 4.69) is 16.1 Å². The molecule has 7 nitrogen and oxygen atoms in total. The Hall–Kier alpha value is -2.62. The van der Waals surface area contributed by atoms with E-state index in [0.29, 0.717) is 31.0 Å². The third-order valence-corrected chi connectivity index (χ3v) is 3.45. The van der Waals surface area contributed by atoms with Crippen LogP contribution in [0.2, 0.25) is 0 Å². The van der Waals surface area contributed by atoms with Gasteiger partial charge in [0.1, 0.15) is 5.71 Å². The Morgan fingerprint density at radius 3 is 2.90 bits per heavy atom. The fourth-order valence-corrected chi connectivity index (χ4v) is 2.48. The summed E-state index contributed by atoms with van der Waals surface area (Å²) in [5, 5.41) is 14.9. The van der Waals surface area contributed by atoms with Crippen LogP contribution in [0.15, 0.2) is 17.3 Å². The van der Waals surface area contributed by atoms with Crippen LogP contribution in [0.5, 0.6) is 0 Å². The first-order chi connectivity index (χ1) is 9.53. The predicted molar refractivity (Wildman–Crippen MR) is 72.5 cm³/mol. The lowest BCUT2D eigenvalue weighted by Crippen LogP contribution is -2.62. The molecule has 0 aromatic carbocycles. The Kier molecular flexibility index (Phi) is 2.61. The summed E-state index contributed by atoms with van der Waals surface area (Å²) in [6.07, 6.45) is 5.86. The smallest absolute Gasteiger partial charge is 0.311 e. The van der Waals surface area contributed by atoms with Crippen molar-refractivity contribution < 1.29 is 9.76 Å². The highest BCUT2D eigenvalue weighted by atomic mass is 16.7. The maximum atomic E-state index is 11.0. The number of oxime groups is 1. The molecule has 0 amide bonds. The minimum absolute atomic E-state index is 0.00142. The highest BCUT2D eigenvalue weighted by Gasteiger charge is 2.51. The van der Waals surface area contributed by atoms with Crippen LogP contribution in [0.25, 0.3) is 0 Å². The molecule has 20 heavy (non-hydrogen) atoms. The third kappa shape index (κ3) is 1.86. The topological polar surface area (TPSA) is 80.9 Å². The van der Waals surface area contributed by atoms with Crippen LogP contribution in [-0.2, 0) is 4.84 Å². The predicted octanol–water partition coefficient (Wildman–Crippen LogP) is 1.27. The van der Waals surface area contributed by atoms with Gasteiger partial charge in [0.25, 0.3) is 0 Å². The first-order valence-electron chi connectivity index (χ1n) is 6.12. The summed E-state index contributed by atoms with van der Waals surface area (Å²) in [7, 11) is 0. The second kappa shape index (κ2) is 4.20. The number of nitrogens with zero attached hydrogens (tertiary/aromatic N) is 4. The minimum Gasteiger partial charge on any atom is -0.384 e. The molecule has 7 heteroatoms. The second-order valence-corrected chi connectivity index (χ2v) is 5.04. The van der Waals surface area contributed by atoms with Crippen molar-refractivity contribution in [2.45, 2.75) is 18.9 Å². The van der Waals surface area contributed by atoms with Crippen molar-refractivity contribution in [3.8, 4) is 12.3 Å². The molecular formula is C13H12N4O3. The molecule has 0 N–H and O–H groups in total. The highest BCUT2D eigenvalue weighted by molar-refractivity contribution is 6.01. The van der Waals surface area contributed by atoms with Crippen LogP contribution in [-0.4, -0.2) is 34.3 Å². The molecule has 0 atom stereocenters. The number of aryl methyl sites for hydroxylation is 1. The van der Waals surface area contributed by atoms with E-state index >= 15 is 0 Å². The van der Waals surface area contributed by atoms with E-state index in [0.717, 1.165) is 5.69 Å². The maximum absolute atomic E-state index is 11.0. The molecule has 3 rings (SSSR count). The second-order valence-electron chi connectivity index (χ2n) is 5.04. The zero-order valence-electron chi connectivity index (χ0n) is 10.9. The zero-order valence-corrected chi connectivity index (χ0v) is 10.9. The largest absolute Gasteiger partial charge is 0.384 e. The van der Waals surface area contributed by atoms with Crippen molar-refractivity contribution >= 4 is 17.2 Å². The first kappa shape index (κ1) is 12.4. The van der Waals surface area contributed by atoms with E-state index in [4.69, 9.17) is 11.3 Å². The number of anilines is 1. The number of aromatic nitrogens is 1. The Morgan fingerprint density at radius 2 is 2.30 bits per heavy atom. The molecule has 1 spiro atoms. The molecule has 2 aliphatic heterocycles. The Labute approximate surface area is 115 Å². The molecule has 3 heterocycles. The third-order valence-electron chi connectivity index (χ3n) is 3.45. The quantitative estimate of drug-likeness (QED) is 0.460. The van der Waals surface area contributed by atoms with Crippen LogP contribution in [0, 0.1) is 29.4 Å². The fourth-order valence-electron chi connectivity index (χ4n) is 2.48. The number of nitro groups is 1. The molecule has 0 aliphatic carbocycles. The van der Waals surface area contributed by atoms with Crippen molar-refractivity contribution in [3.05, 3.63) is 27.9 Å². The normalized spacial score (nSPS) is 19.0. The van der Waals surface area contributed by atoms with Crippen molar-refractivity contribution in [3.63, 3.8) is 0 Å². The van der Waals surface area contributed by atoms with Crippen molar-refractivity contribution in [1.82, 2.24) is 4.98 Å². The number of rotatable bonds is 2. The van der Waals surface area contributed by atoms with Gasteiger partial charge in [0.15, 0.2) is 5.60 Å². The molecule has 0 unspecified atom stereocenters. The SMILES string of the molecule is C#CC1=NOC2(C1)CN(c1nc(C)ccc1[N+](=O)[O-])C2. The van der Waals surface area contributed by atoms with Gasteiger partial charge in [-0.2, -0.15) is 0 Å². The van der Waals surface area contributed by atoms with E-state index in [-0.39, 0.29) is 5.69 Å². The van der Waals surface area contributed by atoms with Gasteiger partial charge in [0.05, 0.1) is 18.0 Å². The number of pyridine rings is 1. The van der Waals surface area contributed by atoms with Crippen LogP contribution < -0.4 is 4.90 Å². The van der Waals surface area contributed by atoms with E-state index < -0.39 is 10.5 Å². The molecule has 1 fully saturated rings. The van der Waals surface area contributed by atoms with Gasteiger partial charge in [-0.25, -0.2) is 4.98 Å². The highest BCUT2D eigenvalue weighted by Crippen LogP contribution is 2.39. The molecule has 102 valence electrons. The van der Waals surface area contributed by atoms with E-state index in [1.54, 1.807) is 13.0 Å². The zero-order chi connectivity index (χ0) is 14.3. The maximum Gasteiger partial charge on any atom is 0.311 e. The van der Waals surface area contributed by atoms with Gasteiger partial charge in [-0.15, -0.1) is 6.42 Å². The summed E-state index contributed by atoms with van der Waals surface area (Å²) < 4.78 is 0. The van der Waals surface area contributed by atoms with Crippen LogP contribution in [0.3, 0.4) is 0 Å². The van der Waals surface area contributed by atoms with Crippen molar-refractivity contribution in [1.29, 1.82) is 0 Å². The standard InChI is InChI=1S/C13H12N4O3/c1-3-10-6-13(20-15-10)7-16(8-13)12-11(17(18)19)5-4-9(2)14-12/h1,4-5H,6-8H2,2H3. The Morgan fingerprint density at radius 1 is 1.55 bits per heavy atom. The summed E-state index contributed by atoms with van der Waals surface area (Å²) >= 11 is 0. The Bertz CT molecular complexity index is 656. The lowest BCUT2D eigenvalue weighted by atomic mass is 9.89. The van der Waals surface area contributed by atoms with Gasteiger partial charge >= 0.3 is 5.69 Å². The average molecular weight is 272 g/mol. The summed E-state index contributed by atoms with van der Waals surface area (Å²) in [5.41, 5.74) is 0.874. The summed E-state index contributed by atoms with van der Waals surface area (Å²) in [4.78, 5) is 22.1. The van der Waals surface area contributed by atoms with Gasteiger partial charge in [0, 0.05) is 18.2 Å². The molecule has 0 bridgehead atoms. The van der Waals surface area contributed by atoms with E-state index in [1.165, 1.54) is 6.07 Å². The van der Waals surface area contributed by atoms with Crippen LogP contribution in [0.1, 0.15) is 12.1 Å². The van der Waals surface area contributed by atoms with Gasteiger partial charge in [0.2, 0.25) is 5.82 Å². The number of hydrogen-bond donors (Lipinski definition) is 0. The van der Waals surface area contributed by atoms with E-state index in [1.807, 2.05) is 4.90 Å². The monoisotopic (exact) mass is 272 g/mol. The van der Waals surface area contributed by atoms with Crippen molar-refractivity contribution in [2.24, 2.45) is 5.16 Å². The summed E-state index contributed by atoms with van der Waals surface area (Å²) in [5.74, 6) is 2.84. The lowest BCUT2D eigenvalue weighted by molar-refractivity contribution is -0.384. The minimum atomic E-state index is -0.443. The first-order valence-corrected chi connectivity index (χ1v) is 6.12. The number of hydrogen-bond acceptors (Lipinski definition) is 6. The van der Waals surface area contributed by atoms with Gasteiger partial charge < -0.3 is 9.74 Å².